The first-order chi connectivity index (χ1) is 12.2. The van der Waals surface area contributed by atoms with Crippen LogP contribution in [0.5, 0.6) is 5.75 Å². The van der Waals surface area contributed by atoms with Crippen molar-refractivity contribution < 1.29 is 9.53 Å². The minimum Gasteiger partial charge on any atom is -0.494 e. The molecular formula is C20H29N3O2S. The zero-order chi connectivity index (χ0) is 19.2. The maximum absolute atomic E-state index is 12.0. The van der Waals surface area contributed by atoms with Crippen molar-refractivity contribution in [1.29, 1.82) is 0 Å². The first-order valence-corrected chi connectivity index (χ1v) is 9.74. The molecule has 0 radical (unpaired) electrons. The van der Waals surface area contributed by atoms with Gasteiger partial charge in [0.1, 0.15) is 5.75 Å². The summed E-state index contributed by atoms with van der Waals surface area (Å²) in [7, 11) is 3.99. The molecule has 142 valence electrons. The summed E-state index contributed by atoms with van der Waals surface area (Å²) in [6.07, 6.45) is 1.09. The van der Waals surface area contributed by atoms with Crippen LogP contribution in [-0.2, 0) is 16.8 Å². The molecule has 1 N–H and O–H groups in total. The van der Waals surface area contributed by atoms with Gasteiger partial charge in [0.25, 0.3) is 0 Å². The second-order valence-corrected chi connectivity index (χ2v) is 8.51. The van der Waals surface area contributed by atoms with E-state index in [0.717, 1.165) is 18.0 Å². The number of aromatic nitrogens is 1. The first-order valence-electron chi connectivity index (χ1n) is 8.86. The number of ether oxygens (including phenoxy) is 1. The van der Waals surface area contributed by atoms with Gasteiger partial charge >= 0.3 is 0 Å². The van der Waals surface area contributed by atoms with E-state index in [1.165, 1.54) is 16.9 Å². The number of thiazole rings is 1. The Morgan fingerprint density at radius 3 is 2.54 bits per heavy atom. The highest BCUT2D eigenvalue weighted by Crippen LogP contribution is 2.24. The number of benzene rings is 1. The second kappa shape index (κ2) is 9.14. The maximum atomic E-state index is 12.0. The summed E-state index contributed by atoms with van der Waals surface area (Å²) < 4.78 is 5.72. The Hall–Kier alpha value is -1.92. The zero-order valence-corrected chi connectivity index (χ0v) is 17.2. The number of anilines is 1. The molecule has 0 atom stereocenters. The molecule has 1 amide bonds. The van der Waals surface area contributed by atoms with Crippen molar-refractivity contribution >= 4 is 22.4 Å². The van der Waals surface area contributed by atoms with Crippen molar-refractivity contribution in [2.75, 3.05) is 26.0 Å². The molecule has 2 rings (SSSR count). The van der Waals surface area contributed by atoms with Crippen molar-refractivity contribution in [3.05, 3.63) is 40.9 Å². The first kappa shape index (κ1) is 20.4. The van der Waals surface area contributed by atoms with Crippen LogP contribution in [0.3, 0.4) is 0 Å². The number of nitrogens with zero attached hydrogens (tertiary/aromatic N) is 2. The number of rotatable bonds is 8. The molecule has 0 aliphatic heterocycles. The second-order valence-electron chi connectivity index (χ2n) is 7.66. The molecule has 1 aromatic carbocycles. The quantitative estimate of drug-likeness (QED) is 0.699. The van der Waals surface area contributed by atoms with Crippen LogP contribution < -0.4 is 10.1 Å². The molecule has 0 unspecified atom stereocenters. The average molecular weight is 376 g/mol. The van der Waals surface area contributed by atoms with Crippen LogP contribution in [0.4, 0.5) is 5.13 Å². The molecule has 0 bridgehead atoms. The SMILES string of the molecule is CN(C)Cc1csc(NC(=O)CCCOc2ccc(C(C)(C)C)cc2)n1. The van der Waals surface area contributed by atoms with Crippen LogP contribution in [0.15, 0.2) is 29.6 Å². The lowest BCUT2D eigenvalue weighted by Crippen LogP contribution is -2.14. The normalized spacial score (nSPS) is 11.6. The number of nitrogens with one attached hydrogen (secondary N) is 1. The minimum absolute atomic E-state index is 0.0255. The third-order valence-corrected chi connectivity index (χ3v) is 4.62. The van der Waals surface area contributed by atoms with Crippen LogP contribution in [0.1, 0.15) is 44.9 Å². The van der Waals surface area contributed by atoms with E-state index in [9.17, 15) is 4.79 Å². The van der Waals surface area contributed by atoms with Crippen molar-refractivity contribution in [3.8, 4) is 5.75 Å². The molecule has 0 fully saturated rings. The molecule has 0 aliphatic carbocycles. The third kappa shape index (κ3) is 6.77. The highest BCUT2D eigenvalue weighted by Gasteiger charge is 2.13. The smallest absolute Gasteiger partial charge is 0.226 e. The largest absolute Gasteiger partial charge is 0.494 e. The van der Waals surface area contributed by atoms with Gasteiger partial charge in [-0.25, -0.2) is 4.98 Å². The predicted molar refractivity (Wildman–Crippen MR) is 108 cm³/mol. The lowest BCUT2D eigenvalue weighted by molar-refractivity contribution is -0.116. The highest BCUT2D eigenvalue weighted by atomic mass is 32.1. The standard InChI is InChI=1S/C20H29N3O2S/c1-20(2,3)15-8-10-17(11-9-15)25-12-6-7-18(24)22-19-21-16(14-26-19)13-23(4)5/h8-11,14H,6-7,12-13H2,1-5H3,(H,21,22,24). The molecule has 1 aromatic heterocycles. The number of hydrogen-bond acceptors (Lipinski definition) is 5. The van der Waals surface area contributed by atoms with Crippen molar-refractivity contribution in [2.24, 2.45) is 0 Å². The Balaban J connectivity index is 1.69. The van der Waals surface area contributed by atoms with Crippen LogP contribution in [0.25, 0.3) is 0 Å². The van der Waals surface area contributed by atoms with Crippen molar-refractivity contribution in [1.82, 2.24) is 9.88 Å². The molecule has 0 saturated heterocycles. The monoisotopic (exact) mass is 375 g/mol. The van der Waals surface area contributed by atoms with E-state index in [1.807, 2.05) is 36.5 Å². The van der Waals surface area contributed by atoms with Gasteiger partial charge in [-0.3, -0.25) is 4.79 Å². The fraction of sp³-hybridized carbons (Fsp3) is 0.500. The minimum atomic E-state index is -0.0255. The summed E-state index contributed by atoms with van der Waals surface area (Å²) in [5.74, 6) is 0.814. The summed E-state index contributed by atoms with van der Waals surface area (Å²) >= 11 is 1.46. The van der Waals surface area contributed by atoms with Gasteiger partial charge in [0.05, 0.1) is 12.3 Å². The van der Waals surface area contributed by atoms with E-state index >= 15 is 0 Å². The summed E-state index contributed by atoms with van der Waals surface area (Å²) in [6.45, 7) is 7.86. The van der Waals surface area contributed by atoms with Gasteiger partial charge in [-0.15, -0.1) is 11.3 Å². The maximum Gasteiger partial charge on any atom is 0.226 e. The van der Waals surface area contributed by atoms with Crippen molar-refractivity contribution in [3.63, 3.8) is 0 Å². The summed E-state index contributed by atoms with van der Waals surface area (Å²) in [4.78, 5) is 18.5. The Morgan fingerprint density at radius 2 is 1.92 bits per heavy atom. The topological polar surface area (TPSA) is 54.5 Å². The molecule has 6 heteroatoms. The fourth-order valence-corrected chi connectivity index (χ4v) is 3.13. The number of amides is 1. The van der Waals surface area contributed by atoms with Crippen LogP contribution in [0, 0.1) is 0 Å². The zero-order valence-electron chi connectivity index (χ0n) is 16.3. The van der Waals surface area contributed by atoms with Gasteiger partial charge < -0.3 is 15.0 Å². The molecule has 26 heavy (non-hydrogen) atoms. The third-order valence-electron chi connectivity index (χ3n) is 3.81. The van der Waals surface area contributed by atoms with E-state index in [0.29, 0.717) is 24.6 Å². The van der Waals surface area contributed by atoms with Gasteiger partial charge in [0, 0.05) is 18.3 Å². The molecule has 2 aromatic rings. The van der Waals surface area contributed by atoms with Crippen LogP contribution in [0.2, 0.25) is 0 Å². The Morgan fingerprint density at radius 1 is 1.23 bits per heavy atom. The predicted octanol–water partition coefficient (Wildman–Crippen LogP) is 4.30. The van der Waals surface area contributed by atoms with E-state index in [2.05, 4.69) is 43.2 Å². The van der Waals surface area contributed by atoms with Gasteiger partial charge in [0.2, 0.25) is 5.91 Å². The Labute approximate surface area is 160 Å². The lowest BCUT2D eigenvalue weighted by Gasteiger charge is -2.19. The van der Waals surface area contributed by atoms with E-state index in [1.54, 1.807) is 0 Å². The number of carbonyl (C=O) groups is 1. The summed E-state index contributed by atoms with van der Waals surface area (Å²) in [5.41, 5.74) is 2.39. The summed E-state index contributed by atoms with van der Waals surface area (Å²) in [6, 6.07) is 8.16. The summed E-state index contributed by atoms with van der Waals surface area (Å²) in [5, 5.41) is 5.48. The van der Waals surface area contributed by atoms with Crippen LogP contribution >= 0.6 is 11.3 Å². The molecule has 0 spiro atoms. The van der Waals surface area contributed by atoms with Crippen molar-refractivity contribution in [2.45, 2.75) is 45.6 Å². The fourth-order valence-electron chi connectivity index (χ4n) is 2.42. The Bertz CT molecular complexity index is 703. The number of carbonyl (C=O) groups excluding carboxylic acids is 1. The average Bonchev–Trinajstić information content (AvgIpc) is 2.97. The Kier molecular flexibility index (Phi) is 7.17. The number of hydrogen-bond donors (Lipinski definition) is 1. The molecule has 0 aliphatic rings. The molecule has 0 saturated carbocycles. The highest BCUT2D eigenvalue weighted by molar-refractivity contribution is 7.13. The van der Waals surface area contributed by atoms with Gasteiger partial charge in [0.15, 0.2) is 5.13 Å². The molecule has 1 heterocycles. The van der Waals surface area contributed by atoms with Gasteiger partial charge in [-0.2, -0.15) is 0 Å². The van der Waals surface area contributed by atoms with E-state index in [4.69, 9.17) is 4.74 Å². The van der Waals surface area contributed by atoms with Crippen LogP contribution in [-0.4, -0.2) is 36.5 Å². The van der Waals surface area contributed by atoms with Gasteiger partial charge in [-0.05, 0) is 43.6 Å². The van der Waals surface area contributed by atoms with E-state index in [-0.39, 0.29) is 11.3 Å². The van der Waals surface area contributed by atoms with Gasteiger partial charge in [-0.1, -0.05) is 32.9 Å². The van der Waals surface area contributed by atoms with E-state index < -0.39 is 0 Å². The lowest BCUT2D eigenvalue weighted by atomic mass is 9.87. The molecular weight excluding hydrogens is 346 g/mol. The molecule has 5 nitrogen and oxygen atoms in total.